The third-order valence-electron chi connectivity index (χ3n) is 5.22. The number of hydrogen-bond donors (Lipinski definition) is 2. The Bertz CT molecular complexity index is 785. The van der Waals surface area contributed by atoms with Crippen LogP contribution in [-0.2, 0) is 16.4 Å². The first-order valence-corrected chi connectivity index (χ1v) is 11.5. The second kappa shape index (κ2) is 9.49. The van der Waals surface area contributed by atoms with Crippen LogP contribution in [0.5, 0.6) is 11.5 Å². The monoisotopic (exact) mass is 411 g/mol. The standard InChI is InChI=1S/C20H33N3O4S/c1-20(2,28(5,24)25)14-23-19(21-3)22-13-15-9-8-12-17(26-4)18(15)27-16-10-6-7-11-16/h8-9,12,16H,6-7,10-11,13-14H2,1-5H3,(H2,21,22,23). The van der Waals surface area contributed by atoms with Crippen molar-refractivity contribution in [3.8, 4) is 11.5 Å². The lowest BCUT2D eigenvalue weighted by Gasteiger charge is -2.24. The number of benzene rings is 1. The van der Waals surface area contributed by atoms with E-state index in [2.05, 4.69) is 15.6 Å². The molecule has 1 saturated carbocycles. The van der Waals surface area contributed by atoms with E-state index in [0.29, 0.717) is 18.3 Å². The van der Waals surface area contributed by atoms with E-state index in [1.165, 1.54) is 19.1 Å². The number of ether oxygens (including phenoxy) is 2. The molecule has 2 N–H and O–H groups in total. The molecule has 1 fully saturated rings. The molecule has 2 rings (SSSR count). The summed E-state index contributed by atoms with van der Waals surface area (Å²) in [5, 5.41) is 6.33. The van der Waals surface area contributed by atoms with Gasteiger partial charge in [-0.05, 0) is 45.6 Å². The zero-order valence-corrected chi connectivity index (χ0v) is 18.4. The third kappa shape index (κ3) is 5.77. The van der Waals surface area contributed by atoms with Crippen molar-refractivity contribution in [2.45, 2.75) is 56.9 Å². The average Bonchev–Trinajstić information content (AvgIpc) is 3.15. The van der Waals surface area contributed by atoms with Crippen molar-refractivity contribution in [2.24, 2.45) is 4.99 Å². The van der Waals surface area contributed by atoms with Gasteiger partial charge in [-0.1, -0.05) is 12.1 Å². The summed E-state index contributed by atoms with van der Waals surface area (Å²) >= 11 is 0. The van der Waals surface area contributed by atoms with Crippen LogP contribution < -0.4 is 20.1 Å². The highest BCUT2D eigenvalue weighted by Gasteiger charge is 2.30. The summed E-state index contributed by atoms with van der Waals surface area (Å²) in [6.45, 7) is 4.13. The second-order valence-corrected chi connectivity index (χ2v) is 10.4. The number of hydrogen-bond acceptors (Lipinski definition) is 5. The molecule has 0 aliphatic heterocycles. The zero-order chi connectivity index (χ0) is 20.8. The van der Waals surface area contributed by atoms with Crippen LogP contribution >= 0.6 is 0 Å². The number of nitrogens with zero attached hydrogens (tertiary/aromatic N) is 1. The minimum Gasteiger partial charge on any atom is -0.493 e. The summed E-state index contributed by atoms with van der Waals surface area (Å²) in [7, 11) is 0.113. The Hall–Kier alpha value is -1.96. The largest absolute Gasteiger partial charge is 0.493 e. The Morgan fingerprint density at radius 1 is 1.25 bits per heavy atom. The van der Waals surface area contributed by atoms with Crippen molar-refractivity contribution in [1.29, 1.82) is 0 Å². The fourth-order valence-electron chi connectivity index (χ4n) is 3.00. The topological polar surface area (TPSA) is 89.0 Å². The number of sulfone groups is 1. The SMILES string of the molecule is CN=C(NCc1cccc(OC)c1OC1CCCC1)NCC(C)(C)S(C)(=O)=O. The smallest absolute Gasteiger partial charge is 0.191 e. The predicted octanol–water partition coefficient (Wildman–Crippen LogP) is 2.50. The van der Waals surface area contributed by atoms with Crippen LogP contribution in [0.15, 0.2) is 23.2 Å². The van der Waals surface area contributed by atoms with Crippen LogP contribution in [0, 0.1) is 0 Å². The minimum absolute atomic E-state index is 0.225. The number of methoxy groups -OCH3 is 1. The van der Waals surface area contributed by atoms with E-state index in [1.807, 2.05) is 18.2 Å². The maximum Gasteiger partial charge on any atom is 0.191 e. The molecule has 1 aliphatic rings. The highest BCUT2D eigenvalue weighted by Crippen LogP contribution is 2.34. The Morgan fingerprint density at radius 3 is 2.50 bits per heavy atom. The van der Waals surface area contributed by atoms with Gasteiger partial charge in [-0.2, -0.15) is 0 Å². The first-order valence-electron chi connectivity index (χ1n) is 9.64. The zero-order valence-electron chi connectivity index (χ0n) is 17.5. The van der Waals surface area contributed by atoms with Gasteiger partial charge in [0.1, 0.15) is 0 Å². The van der Waals surface area contributed by atoms with Crippen LogP contribution in [0.1, 0.15) is 45.1 Å². The highest BCUT2D eigenvalue weighted by molar-refractivity contribution is 7.92. The van der Waals surface area contributed by atoms with Crippen LogP contribution in [0.25, 0.3) is 0 Å². The van der Waals surface area contributed by atoms with Gasteiger partial charge in [0.25, 0.3) is 0 Å². The van der Waals surface area contributed by atoms with Crippen molar-refractivity contribution >= 4 is 15.8 Å². The van der Waals surface area contributed by atoms with Gasteiger partial charge in [0, 0.05) is 32.0 Å². The lowest BCUT2D eigenvalue weighted by Crippen LogP contribution is -2.47. The molecule has 0 unspecified atom stereocenters. The maximum atomic E-state index is 11.9. The van der Waals surface area contributed by atoms with Crippen LogP contribution in [0.4, 0.5) is 0 Å². The number of guanidine groups is 1. The van der Waals surface area contributed by atoms with E-state index in [1.54, 1.807) is 28.0 Å². The van der Waals surface area contributed by atoms with Gasteiger partial charge in [-0.15, -0.1) is 0 Å². The van der Waals surface area contributed by atoms with E-state index >= 15 is 0 Å². The number of aliphatic imine (C=N–C) groups is 1. The highest BCUT2D eigenvalue weighted by atomic mass is 32.2. The maximum absolute atomic E-state index is 11.9. The number of rotatable bonds is 8. The molecule has 0 atom stereocenters. The molecule has 0 amide bonds. The van der Waals surface area contributed by atoms with Crippen molar-refractivity contribution in [3.63, 3.8) is 0 Å². The minimum atomic E-state index is -3.18. The van der Waals surface area contributed by atoms with E-state index in [9.17, 15) is 8.42 Å². The van der Waals surface area contributed by atoms with E-state index in [-0.39, 0.29) is 12.6 Å². The first kappa shape index (κ1) is 22.3. The summed E-state index contributed by atoms with van der Waals surface area (Å²) in [5.74, 6) is 2.01. The summed E-state index contributed by atoms with van der Waals surface area (Å²) in [6.07, 6.45) is 5.99. The first-order chi connectivity index (χ1) is 13.2. The molecule has 7 nitrogen and oxygen atoms in total. The number of para-hydroxylation sites is 1. The normalized spacial score (nSPS) is 16.1. The lowest BCUT2D eigenvalue weighted by molar-refractivity contribution is 0.198. The van der Waals surface area contributed by atoms with Gasteiger partial charge in [-0.25, -0.2) is 8.42 Å². The molecular formula is C20H33N3O4S. The summed E-state index contributed by atoms with van der Waals surface area (Å²) in [4.78, 5) is 4.19. The van der Waals surface area contributed by atoms with Gasteiger partial charge in [0.15, 0.2) is 27.3 Å². The molecular weight excluding hydrogens is 378 g/mol. The molecule has 28 heavy (non-hydrogen) atoms. The van der Waals surface area contributed by atoms with E-state index in [0.717, 1.165) is 24.2 Å². The fraction of sp³-hybridized carbons (Fsp3) is 0.650. The fourth-order valence-corrected chi connectivity index (χ4v) is 3.33. The van der Waals surface area contributed by atoms with Gasteiger partial charge >= 0.3 is 0 Å². The van der Waals surface area contributed by atoms with Crippen LogP contribution in [0.2, 0.25) is 0 Å². The Kier molecular flexibility index (Phi) is 7.57. The van der Waals surface area contributed by atoms with Crippen molar-refractivity contribution in [1.82, 2.24) is 10.6 Å². The van der Waals surface area contributed by atoms with Crippen LogP contribution in [-0.4, -0.2) is 52.2 Å². The van der Waals surface area contributed by atoms with Crippen LogP contribution in [0.3, 0.4) is 0 Å². The molecule has 0 bridgehead atoms. The van der Waals surface area contributed by atoms with Gasteiger partial charge in [-0.3, -0.25) is 4.99 Å². The van der Waals surface area contributed by atoms with Gasteiger partial charge < -0.3 is 20.1 Å². The van der Waals surface area contributed by atoms with Crippen molar-refractivity contribution in [3.05, 3.63) is 23.8 Å². The Labute approximate surface area is 168 Å². The summed E-state index contributed by atoms with van der Waals surface area (Å²) in [6, 6.07) is 5.82. The lowest BCUT2D eigenvalue weighted by atomic mass is 10.1. The molecule has 0 saturated heterocycles. The third-order valence-corrected chi connectivity index (χ3v) is 7.37. The Balaban J connectivity index is 2.05. The van der Waals surface area contributed by atoms with Crippen molar-refractivity contribution < 1.29 is 17.9 Å². The van der Waals surface area contributed by atoms with Gasteiger partial charge in [0.2, 0.25) is 0 Å². The van der Waals surface area contributed by atoms with E-state index in [4.69, 9.17) is 9.47 Å². The second-order valence-electron chi connectivity index (χ2n) is 7.78. The molecule has 8 heteroatoms. The molecule has 1 aromatic carbocycles. The summed E-state index contributed by atoms with van der Waals surface area (Å²) in [5.41, 5.74) is 0.969. The molecule has 0 spiro atoms. The average molecular weight is 412 g/mol. The van der Waals surface area contributed by atoms with Crippen molar-refractivity contribution in [2.75, 3.05) is 27.0 Å². The molecule has 1 aliphatic carbocycles. The van der Waals surface area contributed by atoms with E-state index < -0.39 is 14.6 Å². The molecule has 0 heterocycles. The molecule has 1 aromatic rings. The number of nitrogens with one attached hydrogen (secondary N) is 2. The molecule has 0 aromatic heterocycles. The Morgan fingerprint density at radius 2 is 1.93 bits per heavy atom. The molecule has 0 radical (unpaired) electrons. The predicted molar refractivity (Wildman–Crippen MR) is 113 cm³/mol. The summed E-state index contributed by atoms with van der Waals surface area (Å²) < 4.78 is 34.6. The van der Waals surface area contributed by atoms with Gasteiger partial charge in [0.05, 0.1) is 18.0 Å². The quantitative estimate of drug-likeness (QED) is 0.505. The molecule has 158 valence electrons.